The van der Waals surface area contributed by atoms with Crippen LogP contribution in [0.2, 0.25) is 5.02 Å². The van der Waals surface area contributed by atoms with Gasteiger partial charge in [-0.15, -0.1) is 0 Å². The van der Waals surface area contributed by atoms with Crippen molar-refractivity contribution in [1.29, 1.82) is 0 Å². The van der Waals surface area contributed by atoms with E-state index in [1.165, 1.54) is 25.3 Å². The second-order valence-corrected chi connectivity index (χ2v) is 11.9. The molecule has 1 amide bonds. The van der Waals surface area contributed by atoms with Gasteiger partial charge >= 0.3 is 5.97 Å². The van der Waals surface area contributed by atoms with Crippen molar-refractivity contribution in [2.75, 3.05) is 0 Å². The van der Waals surface area contributed by atoms with Crippen molar-refractivity contribution >= 4 is 34.4 Å². The Morgan fingerprint density at radius 3 is 2.33 bits per heavy atom. The first-order valence-corrected chi connectivity index (χ1v) is 15.1. The Hall–Kier alpha value is -3.77. The van der Waals surface area contributed by atoms with E-state index in [1.54, 1.807) is 6.07 Å². The first kappa shape index (κ1) is 31.2. The quantitative estimate of drug-likeness (QED) is 0.166. The molecule has 0 saturated heterocycles. The predicted molar refractivity (Wildman–Crippen MR) is 170 cm³/mol. The number of fused-ring (bicyclic) bond motifs is 1. The molecule has 4 aromatic rings. The lowest BCUT2D eigenvalue weighted by molar-refractivity contribution is -0.144. The number of halogens is 1. The van der Waals surface area contributed by atoms with Crippen LogP contribution in [0.1, 0.15) is 78.8 Å². The van der Waals surface area contributed by atoms with Crippen LogP contribution in [0, 0.1) is 12.8 Å². The van der Waals surface area contributed by atoms with Gasteiger partial charge in [0.15, 0.2) is 6.10 Å². The number of nitrogens with zero attached hydrogens (tertiary/aromatic N) is 1. The molecule has 222 valence electrons. The lowest BCUT2D eigenvalue weighted by Gasteiger charge is -2.14. The summed E-state index contributed by atoms with van der Waals surface area (Å²) >= 11 is 6.31. The number of benzene rings is 3. The average molecular weight is 589 g/mol. The van der Waals surface area contributed by atoms with Crippen molar-refractivity contribution in [2.45, 2.75) is 79.5 Å². The third-order valence-corrected chi connectivity index (χ3v) is 7.90. The number of nitrogens with one attached hydrogen (secondary N) is 1. The number of carbonyl (C=O) groups is 2. The van der Waals surface area contributed by atoms with Gasteiger partial charge < -0.3 is 19.7 Å². The number of ether oxygens (including phenoxy) is 1. The van der Waals surface area contributed by atoms with Gasteiger partial charge in [-0.2, -0.15) is 0 Å². The highest BCUT2D eigenvalue weighted by molar-refractivity contribution is 6.32. The van der Waals surface area contributed by atoms with Gasteiger partial charge in [-0.3, -0.25) is 4.79 Å². The van der Waals surface area contributed by atoms with Gasteiger partial charge in [0.1, 0.15) is 5.75 Å². The molecule has 1 atom stereocenters. The van der Waals surface area contributed by atoms with Gasteiger partial charge in [0, 0.05) is 35.2 Å². The van der Waals surface area contributed by atoms with Crippen molar-refractivity contribution in [1.82, 2.24) is 9.88 Å². The van der Waals surface area contributed by atoms with E-state index < -0.39 is 12.1 Å². The number of hydrogen-bond donors (Lipinski definition) is 2. The van der Waals surface area contributed by atoms with Crippen molar-refractivity contribution in [3.05, 3.63) is 99.2 Å². The molecule has 0 saturated carbocycles. The molecule has 42 heavy (non-hydrogen) atoms. The second kappa shape index (κ2) is 13.9. The Morgan fingerprint density at radius 2 is 1.67 bits per heavy atom. The van der Waals surface area contributed by atoms with E-state index in [2.05, 4.69) is 61.8 Å². The van der Waals surface area contributed by atoms with Crippen molar-refractivity contribution in [3.63, 3.8) is 0 Å². The molecule has 4 rings (SSSR count). The Bertz CT molecular complexity index is 1560. The highest BCUT2D eigenvalue weighted by atomic mass is 35.5. The van der Waals surface area contributed by atoms with Crippen LogP contribution in [-0.4, -0.2) is 27.7 Å². The summed E-state index contributed by atoms with van der Waals surface area (Å²) in [6.07, 6.45) is 3.04. The molecule has 0 unspecified atom stereocenters. The first-order valence-electron chi connectivity index (χ1n) is 14.7. The number of hydrogen-bond acceptors (Lipinski definition) is 3. The Kier molecular flexibility index (Phi) is 10.3. The molecular formula is C35H41ClN2O4. The smallest absolute Gasteiger partial charge is 0.344 e. The van der Waals surface area contributed by atoms with E-state index in [9.17, 15) is 14.7 Å². The summed E-state index contributed by atoms with van der Waals surface area (Å²) in [5.74, 6) is -0.389. The van der Waals surface area contributed by atoms with Crippen LogP contribution in [-0.2, 0) is 30.7 Å². The molecule has 0 spiro atoms. The van der Waals surface area contributed by atoms with Gasteiger partial charge in [-0.1, -0.05) is 75.2 Å². The third-order valence-electron chi connectivity index (χ3n) is 7.59. The Labute approximate surface area is 253 Å². The lowest BCUT2D eigenvalue weighted by atomic mass is 10.0. The van der Waals surface area contributed by atoms with E-state index in [-0.39, 0.29) is 5.91 Å². The zero-order valence-electron chi connectivity index (χ0n) is 25.2. The van der Waals surface area contributed by atoms with Crippen LogP contribution in [0.25, 0.3) is 10.9 Å². The van der Waals surface area contributed by atoms with Crippen LogP contribution in [0.4, 0.5) is 0 Å². The molecule has 1 aromatic heterocycles. The summed E-state index contributed by atoms with van der Waals surface area (Å²) in [6.45, 7) is 11.4. The number of carbonyl (C=O) groups excluding carboxylic acids is 1. The highest BCUT2D eigenvalue weighted by Crippen LogP contribution is 2.33. The highest BCUT2D eigenvalue weighted by Gasteiger charge is 2.19. The van der Waals surface area contributed by atoms with Crippen LogP contribution in [0.15, 0.2) is 60.7 Å². The molecule has 0 fully saturated rings. The molecular weight excluding hydrogens is 548 g/mol. The molecule has 3 aromatic carbocycles. The summed E-state index contributed by atoms with van der Waals surface area (Å²) in [5.41, 5.74) is 7.30. The fourth-order valence-electron chi connectivity index (χ4n) is 5.20. The molecule has 0 radical (unpaired) electrons. The largest absolute Gasteiger partial charge is 0.479 e. The molecule has 0 bridgehead atoms. The van der Waals surface area contributed by atoms with Gasteiger partial charge in [0.2, 0.25) is 0 Å². The minimum absolute atomic E-state index is 0.101. The third kappa shape index (κ3) is 7.54. The Balaban J connectivity index is 1.59. The summed E-state index contributed by atoms with van der Waals surface area (Å²) in [6, 6.07) is 19.9. The number of unbranched alkanes of at least 4 members (excludes halogenated alkanes) is 1. The van der Waals surface area contributed by atoms with Crippen LogP contribution >= 0.6 is 11.6 Å². The molecule has 0 aliphatic rings. The average Bonchev–Trinajstić information content (AvgIpc) is 3.21. The van der Waals surface area contributed by atoms with E-state index in [0.717, 1.165) is 46.3 Å². The van der Waals surface area contributed by atoms with Crippen LogP contribution < -0.4 is 10.1 Å². The molecule has 6 nitrogen and oxygen atoms in total. The fourth-order valence-corrected chi connectivity index (χ4v) is 5.36. The summed E-state index contributed by atoms with van der Waals surface area (Å²) in [4.78, 5) is 24.5. The van der Waals surface area contributed by atoms with E-state index >= 15 is 0 Å². The van der Waals surface area contributed by atoms with E-state index in [4.69, 9.17) is 16.3 Å². The number of carboxylic acid groups (broad SMARTS) is 1. The van der Waals surface area contributed by atoms with Gasteiger partial charge in [0.25, 0.3) is 5.91 Å². The maximum absolute atomic E-state index is 13.2. The summed E-state index contributed by atoms with van der Waals surface area (Å²) < 4.78 is 7.89. The standard InChI is InChI=1S/C35H41ClN2O4/c1-6-7-8-25-9-11-26(12-10-25)20-37-34(39)28-14-15-29-30(23(4)38(21-22(2)3)32(29)19-28)17-27-13-16-31(36)33(18-27)42-24(5)35(40)41/h9-16,18-19,22,24H,6-8,17,20-21H2,1-5H3,(H,37,39)(H,40,41)/t24-/m1/s1. The number of rotatable bonds is 13. The topological polar surface area (TPSA) is 80.6 Å². The molecule has 0 aliphatic carbocycles. The first-order chi connectivity index (χ1) is 20.1. The zero-order chi connectivity index (χ0) is 30.4. The monoisotopic (exact) mass is 588 g/mol. The molecule has 0 aliphatic heterocycles. The summed E-state index contributed by atoms with van der Waals surface area (Å²) in [5, 5.41) is 13.8. The second-order valence-electron chi connectivity index (χ2n) is 11.4. The van der Waals surface area contributed by atoms with Crippen LogP contribution in [0.3, 0.4) is 0 Å². The van der Waals surface area contributed by atoms with Crippen molar-refractivity contribution in [3.8, 4) is 5.75 Å². The molecule has 1 heterocycles. The maximum Gasteiger partial charge on any atom is 0.344 e. The fraction of sp³-hybridized carbons (Fsp3) is 0.371. The number of amides is 1. The minimum Gasteiger partial charge on any atom is -0.479 e. The van der Waals surface area contributed by atoms with Crippen molar-refractivity contribution < 1.29 is 19.4 Å². The molecule has 2 N–H and O–H groups in total. The number of aromatic nitrogens is 1. The van der Waals surface area contributed by atoms with Gasteiger partial charge in [-0.25, -0.2) is 4.79 Å². The van der Waals surface area contributed by atoms with Crippen LogP contribution in [0.5, 0.6) is 5.75 Å². The van der Waals surface area contributed by atoms with E-state index in [0.29, 0.717) is 35.2 Å². The zero-order valence-corrected chi connectivity index (χ0v) is 25.9. The van der Waals surface area contributed by atoms with Crippen molar-refractivity contribution in [2.24, 2.45) is 5.92 Å². The van der Waals surface area contributed by atoms with Gasteiger partial charge in [-0.05, 0) is 85.5 Å². The molecule has 7 heteroatoms. The maximum atomic E-state index is 13.2. The minimum atomic E-state index is -1.05. The summed E-state index contributed by atoms with van der Waals surface area (Å²) in [7, 11) is 0. The normalized spacial score (nSPS) is 12.1. The number of aliphatic carboxylic acids is 1. The van der Waals surface area contributed by atoms with Gasteiger partial charge in [0.05, 0.1) is 5.02 Å². The SMILES string of the molecule is CCCCc1ccc(CNC(=O)c2ccc3c(Cc4ccc(Cl)c(O[C@H](C)C(=O)O)c4)c(C)n(CC(C)C)c3c2)cc1. The predicted octanol–water partition coefficient (Wildman–Crippen LogP) is 7.97. The lowest BCUT2D eigenvalue weighted by Crippen LogP contribution is -2.23. The number of aryl methyl sites for hydroxylation is 1. The number of carboxylic acids is 1. The Morgan fingerprint density at radius 1 is 0.976 bits per heavy atom. The van der Waals surface area contributed by atoms with E-state index in [1.807, 2.05) is 30.3 Å².